The average Bonchev–Trinajstić information content (AvgIpc) is 3.87. The zero-order valence-corrected chi connectivity index (χ0v) is 33.7. The Labute approximate surface area is 358 Å². The van der Waals surface area contributed by atoms with Crippen LogP contribution in [0.2, 0.25) is 0 Å². The Morgan fingerprint density at radius 2 is 1.02 bits per heavy atom. The lowest BCUT2D eigenvalue weighted by molar-refractivity contribution is 0.838. The smallest absolute Gasteiger partial charge is 0.165 e. The van der Waals surface area contributed by atoms with Gasteiger partial charge < -0.3 is 9.13 Å². The van der Waals surface area contributed by atoms with Crippen molar-refractivity contribution in [3.8, 4) is 51.0 Å². The number of nitrogens with zero attached hydrogens (tertiary/aromatic N) is 6. The molecule has 1 aliphatic rings. The summed E-state index contributed by atoms with van der Waals surface area (Å²) in [7, 11) is 0. The largest absolute Gasteiger partial charge is 0.313 e. The van der Waals surface area contributed by atoms with Gasteiger partial charge in [-0.1, -0.05) is 152 Å². The fourth-order valence-corrected chi connectivity index (χ4v) is 9.35. The predicted octanol–water partition coefficient (Wildman–Crippen LogP) is 13.7. The maximum Gasteiger partial charge on any atom is 0.165 e. The molecule has 0 radical (unpaired) electrons. The normalized spacial score (nSPS) is 13.9. The van der Waals surface area contributed by atoms with Crippen LogP contribution < -0.4 is 0 Å². The minimum atomic E-state index is 0.198. The van der Waals surface area contributed by atoms with Gasteiger partial charge in [-0.05, 0) is 66.1 Å². The Balaban J connectivity index is 0.951. The fourth-order valence-electron chi connectivity index (χ4n) is 9.35. The summed E-state index contributed by atoms with van der Waals surface area (Å²) in [5, 5.41) is 4.92. The molecular formula is C56H38N6. The monoisotopic (exact) mass is 794 g/mol. The van der Waals surface area contributed by atoms with Gasteiger partial charge >= 0.3 is 0 Å². The van der Waals surface area contributed by atoms with Gasteiger partial charge in [-0.2, -0.15) is 0 Å². The van der Waals surface area contributed by atoms with Gasteiger partial charge in [0.15, 0.2) is 17.5 Å². The van der Waals surface area contributed by atoms with E-state index in [0.29, 0.717) is 17.5 Å². The summed E-state index contributed by atoms with van der Waals surface area (Å²) in [6.07, 6.45) is 11.5. The number of rotatable bonds is 7. The zero-order chi connectivity index (χ0) is 41.0. The van der Waals surface area contributed by atoms with Crippen LogP contribution in [0.25, 0.3) is 100 Å². The van der Waals surface area contributed by atoms with Gasteiger partial charge in [0, 0.05) is 73.5 Å². The molecule has 62 heavy (non-hydrogen) atoms. The van der Waals surface area contributed by atoms with E-state index in [0.717, 1.165) is 39.8 Å². The molecule has 6 nitrogen and oxygen atoms in total. The number of para-hydroxylation sites is 3. The van der Waals surface area contributed by atoms with Crippen LogP contribution in [0, 0.1) is 0 Å². The lowest BCUT2D eigenvalue weighted by Crippen LogP contribution is -2.06. The van der Waals surface area contributed by atoms with E-state index < -0.39 is 0 Å². The first-order valence-electron chi connectivity index (χ1n) is 21.1. The average molecular weight is 795 g/mol. The molecule has 0 saturated heterocycles. The van der Waals surface area contributed by atoms with Crippen molar-refractivity contribution in [2.45, 2.75) is 12.3 Å². The molecule has 1 atom stereocenters. The van der Waals surface area contributed by atoms with Gasteiger partial charge in [0.25, 0.3) is 0 Å². The van der Waals surface area contributed by atoms with E-state index >= 15 is 0 Å². The summed E-state index contributed by atoms with van der Waals surface area (Å²) in [6.45, 7) is 0. The van der Waals surface area contributed by atoms with E-state index in [-0.39, 0.29) is 5.92 Å². The molecule has 0 amide bonds. The van der Waals surface area contributed by atoms with E-state index in [1.54, 1.807) is 0 Å². The minimum Gasteiger partial charge on any atom is -0.313 e. The molecule has 0 spiro atoms. The Morgan fingerprint density at radius 3 is 1.74 bits per heavy atom. The van der Waals surface area contributed by atoms with Gasteiger partial charge in [0.2, 0.25) is 0 Å². The summed E-state index contributed by atoms with van der Waals surface area (Å²) >= 11 is 0. The number of pyridine rings is 1. The maximum absolute atomic E-state index is 5.01. The summed E-state index contributed by atoms with van der Waals surface area (Å²) in [6, 6.07) is 64.2. The SMILES string of the molecule is C1=CC(c2ccc3c4ccccc4n(-c4ccccc4)c3c2)CC(n2c3ccccc3c3c(-c4cncc(-c5nc(-c6ccccc6)nc(-c6ccccc6)n5)c4)cccc32)=C1. The first kappa shape index (κ1) is 35.7. The van der Waals surface area contributed by atoms with Gasteiger partial charge in [-0.3, -0.25) is 4.98 Å². The molecule has 0 bridgehead atoms. The third kappa shape index (κ3) is 6.03. The molecule has 1 aliphatic carbocycles. The third-order valence-electron chi connectivity index (χ3n) is 12.2. The topological polar surface area (TPSA) is 61.4 Å². The number of fused-ring (bicyclic) bond motifs is 6. The second-order valence-electron chi connectivity index (χ2n) is 15.9. The summed E-state index contributed by atoms with van der Waals surface area (Å²) in [4.78, 5) is 19.7. The highest BCUT2D eigenvalue weighted by Crippen LogP contribution is 2.43. The Bertz CT molecular complexity index is 3490. The Kier molecular flexibility index (Phi) is 8.52. The van der Waals surface area contributed by atoms with Crippen LogP contribution in [-0.4, -0.2) is 29.1 Å². The second-order valence-corrected chi connectivity index (χ2v) is 15.9. The van der Waals surface area contributed by atoms with Crippen LogP contribution in [0.5, 0.6) is 0 Å². The van der Waals surface area contributed by atoms with Gasteiger partial charge in [-0.25, -0.2) is 15.0 Å². The standard InChI is InChI=1S/C56H38N6/c1-4-16-37(17-5-1)54-58-55(38-18-6-2-7-19-38)60-56(59-54)42-32-41(35-57-36-42)45-26-15-29-51-53(45)48-25-11-13-28-50(48)62(51)44-23-14-20-39(33-44)40-30-31-47-46-24-10-12-27-49(46)61(52(47)34-40)43-21-8-3-9-22-43/h1-32,34-36,39H,33H2. The van der Waals surface area contributed by atoms with Crippen LogP contribution in [0.4, 0.5) is 0 Å². The van der Waals surface area contributed by atoms with Crippen LogP contribution in [0.1, 0.15) is 17.9 Å². The van der Waals surface area contributed by atoms with Crippen LogP contribution >= 0.6 is 0 Å². The van der Waals surface area contributed by atoms with Crippen molar-refractivity contribution in [3.63, 3.8) is 0 Å². The van der Waals surface area contributed by atoms with Crippen molar-refractivity contribution in [1.29, 1.82) is 0 Å². The highest BCUT2D eigenvalue weighted by Gasteiger charge is 2.23. The first-order valence-corrected chi connectivity index (χ1v) is 21.1. The Morgan fingerprint density at radius 1 is 0.435 bits per heavy atom. The van der Waals surface area contributed by atoms with Crippen molar-refractivity contribution in [2.24, 2.45) is 0 Å². The highest BCUT2D eigenvalue weighted by molar-refractivity contribution is 6.16. The van der Waals surface area contributed by atoms with Crippen molar-refractivity contribution in [2.75, 3.05) is 0 Å². The second kappa shape index (κ2) is 14.8. The number of aromatic nitrogens is 6. The van der Waals surface area contributed by atoms with Crippen molar-refractivity contribution >= 4 is 49.3 Å². The van der Waals surface area contributed by atoms with Crippen LogP contribution in [-0.2, 0) is 0 Å². The van der Waals surface area contributed by atoms with Crippen molar-refractivity contribution in [1.82, 2.24) is 29.1 Å². The third-order valence-corrected chi connectivity index (χ3v) is 12.2. The molecule has 6 heteroatoms. The number of allylic oxidation sites excluding steroid dienone is 4. The van der Waals surface area contributed by atoms with Gasteiger partial charge in [0.05, 0.1) is 22.1 Å². The molecule has 0 saturated carbocycles. The molecule has 0 aliphatic heterocycles. The molecule has 11 aromatic rings. The molecule has 7 aromatic carbocycles. The number of hydrogen-bond acceptors (Lipinski definition) is 4. The molecular weight excluding hydrogens is 757 g/mol. The summed E-state index contributed by atoms with van der Waals surface area (Å²) < 4.78 is 4.87. The van der Waals surface area contributed by atoms with Crippen molar-refractivity contribution < 1.29 is 0 Å². The van der Waals surface area contributed by atoms with Crippen LogP contribution in [0.15, 0.2) is 213 Å². The Hall–Kier alpha value is -8.22. The maximum atomic E-state index is 5.01. The van der Waals surface area contributed by atoms with Gasteiger partial charge in [-0.15, -0.1) is 0 Å². The molecule has 12 rings (SSSR count). The van der Waals surface area contributed by atoms with Crippen LogP contribution in [0.3, 0.4) is 0 Å². The lowest BCUT2D eigenvalue weighted by atomic mass is 9.90. The molecule has 4 aromatic heterocycles. The fraction of sp³-hybridized carbons (Fsp3) is 0.0357. The molecule has 292 valence electrons. The quantitative estimate of drug-likeness (QED) is 0.161. The number of benzene rings is 7. The van der Waals surface area contributed by atoms with Gasteiger partial charge in [0.1, 0.15) is 0 Å². The van der Waals surface area contributed by atoms with E-state index in [2.05, 4.69) is 149 Å². The van der Waals surface area contributed by atoms with E-state index in [4.69, 9.17) is 19.9 Å². The summed E-state index contributed by atoms with van der Waals surface area (Å²) in [5.74, 6) is 2.02. The summed E-state index contributed by atoms with van der Waals surface area (Å²) in [5.41, 5.74) is 13.3. The zero-order valence-electron chi connectivity index (χ0n) is 33.7. The predicted molar refractivity (Wildman–Crippen MR) is 254 cm³/mol. The minimum absolute atomic E-state index is 0.198. The molecule has 4 heterocycles. The molecule has 1 unspecified atom stereocenters. The van der Waals surface area contributed by atoms with E-state index in [1.165, 1.54) is 55.0 Å². The van der Waals surface area contributed by atoms with Crippen molar-refractivity contribution in [3.05, 3.63) is 218 Å². The first-order chi connectivity index (χ1) is 30.7. The highest BCUT2D eigenvalue weighted by atomic mass is 15.0. The number of hydrogen-bond donors (Lipinski definition) is 0. The molecule has 0 N–H and O–H groups in total. The lowest BCUT2D eigenvalue weighted by Gasteiger charge is -2.22. The van der Waals surface area contributed by atoms with E-state index in [9.17, 15) is 0 Å². The van der Waals surface area contributed by atoms with E-state index in [1.807, 2.05) is 73.1 Å². The molecule has 0 fully saturated rings.